The molecule has 2 aromatic carbocycles. The fourth-order valence-corrected chi connectivity index (χ4v) is 4.37. The standard InChI is InChI=1S/C22H24N4OS/c1-17-7-5-6-10-20(17)26-14-12-23-22(26)28-16-21(27)25-13-11-19(15-25)24-18-8-3-2-4-9-18/h2-10,12,14,19,24H,11,13,15-16H2,1H3. The van der Waals surface area contributed by atoms with Crippen molar-refractivity contribution in [1.29, 1.82) is 0 Å². The van der Waals surface area contributed by atoms with Crippen LogP contribution in [0.2, 0.25) is 0 Å². The van der Waals surface area contributed by atoms with E-state index in [1.807, 2.05) is 41.4 Å². The molecule has 1 atom stereocenters. The zero-order valence-corrected chi connectivity index (χ0v) is 16.7. The van der Waals surface area contributed by atoms with Gasteiger partial charge in [0.25, 0.3) is 0 Å². The Labute approximate surface area is 169 Å². The Hall–Kier alpha value is -2.73. The number of hydrogen-bond donors (Lipinski definition) is 1. The summed E-state index contributed by atoms with van der Waals surface area (Å²) >= 11 is 1.50. The predicted molar refractivity (Wildman–Crippen MR) is 114 cm³/mol. The van der Waals surface area contributed by atoms with Gasteiger partial charge in [-0.2, -0.15) is 0 Å². The molecule has 1 aromatic heterocycles. The highest BCUT2D eigenvalue weighted by Crippen LogP contribution is 2.24. The van der Waals surface area contributed by atoms with Gasteiger partial charge in [0.2, 0.25) is 5.91 Å². The normalized spacial score (nSPS) is 16.3. The van der Waals surface area contributed by atoms with Crippen molar-refractivity contribution < 1.29 is 4.79 Å². The molecule has 28 heavy (non-hydrogen) atoms. The summed E-state index contributed by atoms with van der Waals surface area (Å²) in [5.74, 6) is 0.572. The third-order valence-corrected chi connectivity index (χ3v) is 5.94. The second-order valence-corrected chi connectivity index (χ2v) is 7.93. The number of para-hydroxylation sites is 2. The number of aromatic nitrogens is 2. The molecule has 1 unspecified atom stereocenters. The van der Waals surface area contributed by atoms with Crippen molar-refractivity contribution >= 4 is 23.4 Å². The molecular formula is C22H24N4OS. The summed E-state index contributed by atoms with van der Waals surface area (Å²) in [7, 11) is 0. The molecule has 144 valence electrons. The first kappa shape index (κ1) is 18.6. The number of likely N-dealkylation sites (tertiary alicyclic amines) is 1. The maximum Gasteiger partial charge on any atom is 0.233 e. The Morgan fingerprint density at radius 1 is 1.18 bits per heavy atom. The number of nitrogens with one attached hydrogen (secondary N) is 1. The molecule has 5 nitrogen and oxygen atoms in total. The molecule has 3 aromatic rings. The fraction of sp³-hybridized carbons (Fsp3) is 0.273. The zero-order chi connectivity index (χ0) is 19.3. The number of carbonyl (C=O) groups excluding carboxylic acids is 1. The highest BCUT2D eigenvalue weighted by atomic mass is 32.2. The van der Waals surface area contributed by atoms with Crippen LogP contribution in [0.25, 0.3) is 5.69 Å². The van der Waals surface area contributed by atoms with Crippen molar-refractivity contribution in [3.63, 3.8) is 0 Å². The lowest BCUT2D eigenvalue weighted by Gasteiger charge is -2.18. The summed E-state index contributed by atoms with van der Waals surface area (Å²) in [4.78, 5) is 19.1. The summed E-state index contributed by atoms with van der Waals surface area (Å²) in [6.07, 6.45) is 4.71. The lowest BCUT2D eigenvalue weighted by atomic mass is 10.2. The van der Waals surface area contributed by atoms with E-state index in [1.54, 1.807) is 6.20 Å². The summed E-state index contributed by atoms with van der Waals surface area (Å²) in [6, 6.07) is 18.7. The van der Waals surface area contributed by atoms with Crippen LogP contribution in [0.15, 0.2) is 72.1 Å². The van der Waals surface area contributed by atoms with E-state index in [2.05, 4.69) is 46.1 Å². The number of aryl methyl sites for hydroxylation is 1. The zero-order valence-electron chi connectivity index (χ0n) is 15.9. The number of amides is 1. The van der Waals surface area contributed by atoms with E-state index in [1.165, 1.54) is 17.3 Å². The average Bonchev–Trinajstić information content (AvgIpc) is 3.37. The number of benzene rings is 2. The van der Waals surface area contributed by atoms with Gasteiger partial charge in [-0.05, 0) is 37.1 Å². The van der Waals surface area contributed by atoms with E-state index in [0.29, 0.717) is 11.8 Å². The molecule has 0 aliphatic carbocycles. The van der Waals surface area contributed by atoms with Gasteiger partial charge in [0.05, 0.1) is 11.4 Å². The Morgan fingerprint density at radius 3 is 2.79 bits per heavy atom. The molecule has 1 amide bonds. The predicted octanol–water partition coefficient (Wildman–Crippen LogP) is 3.99. The lowest BCUT2D eigenvalue weighted by molar-refractivity contribution is -0.127. The number of carbonyl (C=O) groups is 1. The van der Waals surface area contributed by atoms with Crippen LogP contribution >= 0.6 is 11.8 Å². The number of rotatable bonds is 6. The van der Waals surface area contributed by atoms with Gasteiger partial charge >= 0.3 is 0 Å². The minimum atomic E-state index is 0.168. The third kappa shape index (κ3) is 4.22. The Kier molecular flexibility index (Phi) is 5.67. The van der Waals surface area contributed by atoms with E-state index in [0.717, 1.165) is 36.0 Å². The highest BCUT2D eigenvalue weighted by molar-refractivity contribution is 7.99. The average molecular weight is 393 g/mol. The van der Waals surface area contributed by atoms with Gasteiger partial charge in [-0.25, -0.2) is 4.98 Å². The Morgan fingerprint density at radius 2 is 1.96 bits per heavy atom. The molecule has 0 saturated carbocycles. The quantitative estimate of drug-likeness (QED) is 0.645. The SMILES string of the molecule is Cc1ccccc1-n1ccnc1SCC(=O)N1CCC(Nc2ccccc2)C1. The molecular weight excluding hydrogens is 368 g/mol. The molecule has 0 radical (unpaired) electrons. The number of thioether (sulfide) groups is 1. The molecule has 1 saturated heterocycles. The molecule has 2 heterocycles. The molecule has 1 aliphatic heterocycles. The van der Waals surface area contributed by atoms with E-state index in [-0.39, 0.29) is 5.91 Å². The summed E-state index contributed by atoms with van der Waals surface area (Å²) in [5.41, 5.74) is 3.39. The van der Waals surface area contributed by atoms with E-state index in [4.69, 9.17) is 0 Å². The van der Waals surface area contributed by atoms with Gasteiger partial charge in [-0.3, -0.25) is 9.36 Å². The van der Waals surface area contributed by atoms with Gasteiger partial charge in [-0.15, -0.1) is 0 Å². The molecule has 1 fully saturated rings. The molecule has 6 heteroatoms. The van der Waals surface area contributed by atoms with E-state index < -0.39 is 0 Å². The molecule has 1 aliphatic rings. The van der Waals surface area contributed by atoms with Crippen LogP contribution in [0.4, 0.5) is 5.69 Å². The van der Waals surface area contributed by atoms with Crippen LogP contribution in [0.1, 0.15) is 12.0 Å². The number of nitrogens with zero attached hydrogens (tertiary/aromatic N) is 3. The summed E-state index contributed by atoms with van der Waals surface area (Å²) in [5, 5.41) is 4.36. The van der Waals surface area contributed by atoms with Gasteiger partial charge in [0.15, 0.2) is 5.16 Å². The molecule has 0 bridgehead atoms. The van der Waals surface area contributed by atoms with Crippen LogP contribution in [-0.2, 0) is 4.79 Å². The first-order valence-corrected chi connectivity index (χ1v) is 10.5. The summed E-state index contributed by atoms with van der Waals surface area (Å²) in [6.45, 7) is 3.63. The van der Waals surface area contributed by atoms with Crippen molar-refractivity contribution in [3.8, 4) is 5.69 Å². The van der Waals surface area contributed by atoms with Gasteiger partial charge in [-0.1, -0.05) is 48.2 Å². The van der Waals surface area contributed by atoms with Crippen molar-refractivity contribution in [3.05, 3.63) is 72.6 Å². The highest BCUT2D eigenvalue weighted by Gasteiger charge is 2.26. The molecule has 4 rings (SSSR count). The van der Waals surface area contributed by atoms with Crippen molar-refractivity contribution in [2.45, 2.75) is 24.5 Å². The Bertz CT molecular complexity index is 940. The van der Waals surface area contributed by atoms with E-state index in [9.17, 15) is 4.79 Å². The van der Waals surface area contributed by atoms with Crippen molar-refractivity contribution in [2.24, 2.45) is 0 Å². The second kappa shape index (κ2) is 8.52. The van der Waals surface area contributed by atoms with E-state index >= 15 is 0 Å². The number of imidazole rings is 1. The third-order valence-electron chi connectivity index (χ3n) is 4.99. The smallest absolute Gasteiger partial charge is 0.233 e. The number of anilines is 1. The second-order valence-electron chi connectivity index (χ2n) is 6.99. The van der Waals surface area contributed by atoms with Crippen LogP contribution in [-0.4, -0.2) is 45.2 Å². The van der Waals surface area contributed by atoms with Crippen molar-refractivity contribution in [2.75, 3.05) is 24.2 Å². The van der Waals surface area contributed by atoms with Crippen LogP contribution < -0.4 is 5.32 Å². The fourth-order valence-electron chi connectivity index (χ4n) is 3.51. The maximum absolute atomic E-state index is 12.7. The topological polar surface area (TPSA) is 50.2 Å². The van der Waals surface area contributed by atoms with Crippen LogP contribution in [0, 0.1) is 6.92 Å². The van der Waals surface area contributed by atoms with Gasteiger partial charge in [0, 0.05) is 37.2 Å². The van der Waals surface area contributed by atoms with Gasteiger partial charge in [0.1, 0.15) is 0 Å². The Balaban J connectivity index is 1.33. The van der Waals surface area contributed by atoms with Crippen LogP contribution in [0.3, 0.4) is 0 Å². The summed E-state index contributed by atoms with van der Waals surface area (Å²) < 4.78 is 2.05. The number of hydrogen-bond acceptors (Lipinski definition) is 4. The minimum absolute atomic E-state index is 0.168. The lowest BCUT2D eigenvalue weighted by Crippen LogP contribution is -2.32. The maximum atomic E-state index is 12.7. The largest absolute Gasteiger partial charge is 0.380 e. The molecule has 0 spiro atoms. The molecule has 1 N–H and O–H groups in total. The first-order valence-electron chi connectivity index (χ1n) is 9.52. The monoisotopic (exact) mass is 392 g/mol. The first-order chi connectivity index (χ1) is 13.7. The van der Waals surface area contributed by atoms with Crippen molar-refractivity contribution in [1.82, 2.24) is 14.5 Å². The van der Waals surface area contributed by atoms with Gasteiger partial charge < -0.3 is 10.2 Å². The minimum Gasteiger partial charge on any atom is -0.380 e. The van der Waals surface area contributed by atoms with Crippen LogP contribution in [0.5, 0.6) is 0 Å².